The second-order valence-corrected chi connectivity index (χ2v) is 6.14. The molecule has 0 saturated heterocycles. The van der Waals surface area contributed by atoms with E-state index in [2.05, 4.69) is 36.9 Å². The molecule has 1 aliphatic heterocycles. The molecular formula is C6H9Br2N3O2. The van der Waals surface area contributed by atoms with Crippen molar-refractivity contribution in [2.75, 3.05) is 20.1 Å². The maximum atomic E-state index is 10.7. The van der Waals surface area contributed by atoms with E-state index in [1.807, 2.05) is 0 Å². The summed E-state index contributed by atoms with van der Waals surface area (Å²) in [7, 11) is 1.79. The van der Waals surface area contributed by atoms with E-state index in [0.29, 0.717) is 12.4 Å². The summed E-state index contributed by atoms with van der Waals surface area (Å²) in [5, 5.41) is 10.7. The third-order valence-corrected chi connectivity index (χ3v) is 3.06. The third kappa shape index (κ3) is 2.19. The monoisotopic (exact) mass is 313 g/mol. The second-order valence-electron chi connectivity index (χ2n) is 2.78. The predicted octanol–water partition coefficient (Wildman–Crippen LogP) is 1.44. The minimum absolute atomic E-state index is 0.420. The Labute approximate surface area is 92.6 Å². The van der Waals surface area contributed by atoms with Gasteiger partial charge in [-0.2, -0.15) is 0 Å². The van der Waals surface area contributed by atoms with Gasteiger partial charge < -0.3 is 4.90 Å². The van der Waals surface area contributed by atoms with Crippen LogP contribution in [0.2, 0.25) is 0 Å². The number of hydrogen-bond acceptors (Lipinski definition) is 4. The van der Waals surface area contributed by atoms with E-state index in [1.54, 1.807) is 11.9 Å². The van der Waals surface area contributed by atoms with Crippen molar-refractivity contribution >= 4 is 37.7 Å². The highest BCUT2D eigenvalue weighted by Crippen LogP contribution is 2.30. The molecule has 0 aromatic heterocycles. The molecule has 0 spiro atoms. The first-order valence-electron chi connectivity index (χ1n) is 3.74. The van der Waals surface area contributed by atoms with Crippen LogP contribution in [0.25, 0.3) is 0 Å². The Balaban J connectivity index is 2.91. The fourth-order valence-corrected chi connectivity index (χ4v) is 1.98. The van der Waals surface area contributed by atoms with Crippen molar-refractivity contribution in [1.29, 1.82) is 0 Å². The van der Waals surface area contributed by atoms with Gasteiger partial charge in [-0.25, -0.2) is 0 Å². The first-order chi connectivity index (χ1) is 5.96. The molecule has 0 N–H and O–H groups in total. The smallest absolute Gasteiger partial charge is 0.356 e. The van der Waals surface area contributed by atoms with Gasteiger partial charge in [0.25, 0.3) is 0 Å². The lowest BCUT2D eigenvalue weighted by molar-refractivity contribution is -0.486. The van der Waals surface area contributed by atoms with Gasteiger partial charge in [-0.1, -0.05) is 0 Å². The zero-order valence-electron chi connectivity index (χ0n) is 7.04. The molecule has 1 rings (SSSR count). The summed E-state index contributed by atoms with van der Waals surface area (Å²) in [6, 6.07) is 0. The topological polar surface area (TPSA) is 58.7 Å². The molecule has 0 saturated carbocycles. The summed E-state index contributed by atoms with van der Waals surface area (Å²) in [4.78, 5) is 16.1. The zero-order chi connectivity index (χ0) is 10.1. The highest BCUT2D eigenvalue weighted by molar-refractivity contribution is 9.25. The summed E-state index contributed by atoms with van der Waals surface area (Å²) in [5.41, 5.74) is 0. The van der Waals surface area contributed by atoms with Gasteiger partial charge in [0.05, 0.1) is 4.92 Å². The van der Waals surface area contributed by atoms with E-state index >= 15 is 0 Å². The van der Waals surface area contributed by atoms with Gasteiger partial charge in [0.15, 0.2) is 0 Å². The van der Waals surface area contributed by atoms with E-state index in [4.69, 9.17) is 0 Å². The third-order valence-electron chi connectivity index (χ3n) is 1.77. The molecule has 5 nitrogen and oxygen atoms in total. The normalized spacial score (nSPS) is 18.4. The fraction of sp³-hybridized carbons (Fsp3) is 0.833. The highest BCUT2D eigenvalue weighted by atomic mass is 79.9. The summed E-state index contributed by atoms with van der Waals surface area (Å²) in [6.07, 6.45) is 0.938. The maximum absolute atomic E-state index is 10.7. The Bertz CT molecular complexity index is 254. The molecule has 7 heteroatoms. The number of aliphatic imine (C=N–C) groups is 1. The quantitative estimate of drug-likeness (QED) is 0.335. The average molecular weight is 315 g/mol. The molecule has 0 bridgehead atoms. The van der Waals surface area contributed by atoms with E-state index in [0.717, 1.165) is 13.0 Å². The van der Waals surface area contributed by atoms with Gasteiger partial charge in [-0.05, 0) is 6.42 Å². The Morgan fingerprint density at radius 3 is 2.77 bits per heavy atom. The predicted molar refractivity (Wildman–Crippen MR) is 57.1 cm³/mol. The number of hydrogen-bond donors (Lipinski definition) is 0. The van der Waals surface area contributed by atoms with E-state index in [-0.39, 0.29) is 0 Å². The van der Waals surface area contributed by atoms with Crippen molar-refractivity contribution in [3.8, 4) is 0 Å². The minimum atomic E-state index is -1.44. The van der Waals surface area contributed by atoms with Crippen molar-refractivity contribution < 1.29 is 4.92 Å². The maximum Gasteiger partial charge on any atom is 0.382 e. The van der Waals surface area contributed by atoms with Gasteiger partial charge in [0.2, 0.25) is 5.84 Å². The zero-order valence-corrected chi connectivity index (χ0v) is 10.2. The van der Waals surface area contributed by atoms with Crippen LogP contribution in [0.4, 0.5) is 0 Å². The van der Waals surface area contributed by atoms with Crippen LogP contribution in [0.1, 0.15) is 6.42 Å². The first-order valence-corrected chi connectivity index (χ1v) is 5.33. The molecule has 0 radical (unpaired) electrons. The molecule has 0 unspecified atom stereocenters. The summed E-state index contributed by atoms with van der Waals surface area (Å²) in [5.74, 6) is 0.420. The van der Waals surface area contributed by atoms with Crippen LogP contribution in [0.3, 0.4) is 0 Å². The van der Waals surface area contributed by atoms with Crippen LogP contribution < -0.4 is 0 Å². The lowest BCUT2D eigenvalue weighted by Crippen LogP contribution is -2.46. The molecule has 1 aliphatic rings. The van der Waals surface area contributed by atoms with Gasteiger partial charge >= 0.3 is 3.36 Å². The van der Waals surface area contributed by atoms with Crippen LogP contribution in [0.5, 0.6) is 0 Å². The molecule has 0 aromatic carbocycles. The number of halogens is 2. The highest BCUT2D eigenvalue weighted by Gasteiger charge is 2.45. The molecule has 0 fully saturated rings. The van der Waals surface area contributed by atoms with Crippen molar-refractivity contribution in [2.45, 2.75) is 9.78 Å². The number of likely N-dealkylation sites (N-methyl/N-ethyl adjacent to an activating group) is 1. The molecule has 13 heavy (non-hydrogen) atoms. The fourth-order valence-electron chi connectivity index (χ4n) is 1.13. The van der Waals surface area contributed by atoms with Gasteiger partial charge in [-0.15, -0.1) is 0 Å². The minimum Gasteiger partial charge on any atom is -0.356 e. The van der Waals surface area contributed by atoms with E-state index in [1.165, 1.54) is 0 Å². The first kappa shape index (κ1) is 10.9. The molecule has 74 valence electrons. The number of nitrogens with zero attached hydrogens (tertiary/aromatic N) is 3. The second kappa shape index (κ2) is 3.91. The van der Waals surface area contributed by atoms with Crippen molar-refractivity contribution in [1.82, 2.24) is 4.90 Å². The van der Waals surface area contributed by atoms with Crippen LogP contribution in [-0.2, 0) is 0 Å². The van der Waals surface area contributed by atoms with Crippen molar-refractivity contribution in [3.05, 3.63) is 10.1 Å². The van der Waals surface area contributed by atoms with Crippen LogP contribution >= 0.6 is 31.9 Å². The molecular weight excluding hydrogens is 306 g/mol. The van der Waals surface area contributed by atoms with E-state index < -0.39 is 8.28 Å². The van der Waals surface area contributed by atoms with Gasteiger partial charge in [0.1, 0.15) is 0 Å². The Hall–Kier alpha value is -0.170. The lowest BCUT2D eigenvalue weighted by Gasteiger charge is -2.27. The number of alkyl halides is 2. The van der Waals surface area contributed by atoms with Gasteiger partial charge in [-0.3, -0.25) is 15.1 Å². The SMILES string of the molecule is CN1CCCN=C1C(Br)(Br)[N+](=O)[O-]. The van der Waals surface area contributed by atoms with Gasteiger partial charge in [0, 0.05) is 52.0 Å². The molecule has 0 amide bonds. The van der Waals surface area contributed by atoms with Crippen molar-refractivity contribution in [3.63, 3.8) is 0 Å². The number of rotatable bonds is 2. The Morgan fingerprint density at radius 2 is 2.31 bits per heavy atom. The lowest BCUT2D eigenvalue weighted by atomic mass is 10.3. The standard InChI is InChI=1S/C6H9Br2N3O2/c1-10-4-2-3-9-5(10)6(7,8)11(12)13/h2-4H2,1H3. The molecule has 0 aromatic rings. The molecule has 0 aliphatic carbocycles. The van der Waals surface area contributed by atoms with E-state index in [9.17, 15) is 10.1 Å². The summed E-state index contributed by atoms with van der Waals surface area (Å²) in [6.45, 7) is 1.44. The Morgan fingerprint density at radius 1 is 1.69 bits per heavy atom. The largest absolute Gasteiger partial charge is 0.382 e. The number of amidine groups is 1. The summed E-state index contributed by atoms with van der Waals surface area (Å²) >= 11 is 5.99. The van der Waals surface area contributed by atoms with Crippen LogP contribution in [0.15, 0.2) is 4.99 Å². The molecule has 0 atom stereocenters. The Kier molecular flexibility index (Phi) is 3.28. The summed E-state index contributed by atoms with van der Waals surface area (Å²) < 4.78 is -1.44. The average Bonchev–Trinajstić information content (AvgIpc) is 2.04. The molecule has 1 heterocycles. The number of nitro groups is 1. The van der Waals surface area contributed by atoms with Crippen LogP contribution in [-0.4, -0.2) is 39.2 Å². The van der Waals surface area contributed by atoms with Crippen LogP contribution in [0, 0.1) is 10.1 Å². The van der Waals surface area contributed by atoms with Crippen molar-refractivity contribution in [2.24, 2.45) is 4.99 Å².